The highest BCUT2D eigenvalue weighted by atomic mass is 32.2. The van der Waals surface area contributed by atoms with E-state index >= 15 is 0 Å². The zero-order valence-electron chi connectivity index (χ0n) is 17.5. The van der Waals surface area contributed by atoms with E-state index in [1.165, 1.54) is 17.3 Å². The molecule has 3 rings (SSSR count). The van der Waals surface area contributed by atoms with Crippen LogP contribution in [0.3, 0.4) is 0 Å². The lowest BCUT2D eigenvalue weighted by Crippen LogP contribution is -2.15. The summed E-state index contributed by atoms with van der Waals surface area (Å²) in [7, 11) is 0. The molecule has 0 spiro atoms. The summed E-state index contributed by atoms with van der Waals surface area (Å²) in [4.78, 5) is 12.4. The molecule has 0 fully saturated rings. The summed E-state index contributed by atoms with van der Waals surface area (Å²) in [5, 5.41) is 12.3. The minimum atomic E-state index is -0.0901. The molecule has 2 aromatic carbocycles. The molecule has 156 valence electrons. The van der Waals surface area contributed by atoms with Crippen LogP contribution in [0.1, 0.15) is 18.1 Å². The average Bonchev–Trinajstić information content (AvgIpc) is 3.13. The van der Waals surface area contributed by atoms with Crippen LogP contribution in [0.4, 0.5) is 5.69 Å². The maximum absolute atomic E-state index is 12.4. The molecular formula is C23H26N4O2S. The molecule has 0 atom stereocenters. The van der Waals surface area contributed by atoms with Gasteiger partial charge in [0.1, 0.15) is 5.75 Å². The second kappa shape index (κ2) is 10.1. The number of ether oxygens (including phenoxy) is 1. The van der Waals surface area contributed by atoms with Gasteiger partial charge in [0.05, 0.1) is 17.9 Å². The Morgan fingerprint density at radius 1 is 1.20 bits per heavy atom. The Labute approximate surface area is 181 Å². The molecule has 1 aromatic heterocycles. The van der Waals surface area contributed by atoms with E-state index in [9.17, 15) is 4.79 Å². The van der Waals surface area contributed by atoms with Crippen LogP contribution in [0, 0.1) is 13.8 Å². The van der Waals surface area contributed by atoms with E-state index in [4.69, 9.17) is 4.74 Å². The molecule has 7 heteroatoms. The molecule has 0 aliphatic carbocycles. The van der Waals surface area contributed by atoms with E-state index in [0.717, 1.165) is 22.6 Å². The third kappa shape index (κ3) is 5.10. The summed E-state index contributed by atoms with van der Waals surface area (Å²) in [6, 6.07) is 13.6. The molecule has 1 amide bonds. The van der Waals surface area contributed by atoms with Crippen molar-refractivity contribution in [2.75, 3.05) is 17.7 Å². The number of nitrogens with one attached hydrogen (secondary N) is 1. The van der Waals surface area contributed by atoms with Crippen molar-refractivity contribution in [1.29, 1.82) is 0 Å². The minimum Gasteiger partial charge on any atom is -0.493 e. The monoisotopic (exact) mass is 422 g/mol. The predicted molar refractivity (Wildman–Crippen MR) is 122 cm³/mol. The van der Waals surface area contributed by atoms with Crippen LogP contribution in [0.2, 0.25) is 0 Å². The predicted octanol–water partition coefficient (Wildman–Crippen LogP) is 4.88. The van der Waals surface area contributed by atoms with Gasteiger partial charge in [-0.3, -0.25) is 9.36 Å². The normalized spacial score (nSPS) is 10.6. The van der Waals surface area contributed by atoms with E-state index in [-0.39, 0.29) is 11.7 Å². The van der Waals surface area contributed by atoms with Crippen LogP contribution in [0.5, 0.6) is 5.75 Å². The number of benzene rings is 2. The number of rotatable bonds is 9. The first kappa shape index (κ1) is 21.6. The molecule has 0 radical (unpaired) electrons. The van der Waals surface area contributed by atoms with Crippen LogP contribution in [-0.2, 0) is 11.3 Å². The highest BCUT2D eigenvalue weighted by Crippen LogP contribution is 2.31. The van der Waals surface area contributed by atoms with Gasteiger partial charge >= 0.3 is 0 Å². The molecule has 0 aliphatic rings. The van der Waals surface area contributed by atoms with E-state index in [2.05, 4.69) is 22.1 Å². The molecule has 30 heavy (non-hydrogen) atoms. The van der Waals surface area contributed by atoms with Crippen molar-refractivity contribution in [3.8, 4) is 17.1 Å². The fourth-order valence-electron chi connectivity index (χ4n) is 2.97. The molecule has 1 heterocycles. The van der Waals surface area contributed by atoms with Crippen LogP contribution < -0.4 is 10.1 Å². The van der Waals surface area contributed by atoms with Crippen molar-refractivity contribution < 1.29 is 9.53 Å². The highest BCUT2D eigenvalue weighted by molar-refractivity contribution is 7.99. The lowest BCUT2D eigenvalue weighted by molar-refractivity contribution is -0.113. The van der Waals surface area contributed by atoms with Gasteiger partial charge in [-0.05, 0) is 56.2 Å². The Bertz CT molecular complexity index is 1050. The Balaban J connectivity index is 1.76. The number of allylic oxidation sites excluding steroid dienone is 1. The van der Waals surface area contributed by atoms with Gasteiger partial charge in [0, 0.05) is 12.2 Å². The summed E-state index contributed by atoms with van der Waals surface area (Å²) in [6.45, 7) is 11.0. The molecule has 0 saturated heterocycles. The smallest absolute Gasteiger partial charge is 0.234 e. The Morgan fingerprint density at radius 2 is 2.00 bits per heavy atom. The number of hydrogen-bond acceptors (Lipinski definition) is 5. The average molecular weight is 423 g/mol. The van der Waals surface area contributed by atoms with Crippen LogP contribution in [0.25, 0.3) is 11.4 Å². The number of carbonyl (C=O) groups excluding carboxylic acids is 1. The van der Waals surface area contributed by atoms with E-state index in [0.29, 0.717) is 24.1 Å². The van der Waals surface area contributed by atoms with Gasteiger partial charge in [-0.25, -0.2) is 0 Å². The summed E-state index contributed by atoms with van der Waals surface area (Å²) in [6.07, 6.45) is 1.79. The second-order valence-corrected chi connectivity index (χ2v) is 7.71. The van der Waals surface area contributed by atoms with Gasteiger partial charge in [-0.2, -0.15) is 0 Å². The van der Waals surface area contributed by atoms with Crippen molar-refractivity contribution in [2.45, 2.75) is 32.5 Å². The van der Waals surface area contributed by atoms with Crippen LogP contribution in [0.15, 0.2) is 60.3 Å². The van der Waals surface area contributed by atoms with Crippen LogP contribution >= 0.6 is 11.8 Å². The number of hydrogen-bond donors (Lipinski definition) is 1. The number of carbonyl (C=O) groups is 1. The van der Waals surface area contributed by atoms with Gasteiger partial charge in [0.15, 0.2) is 11.0 Å². The number of thioether (sulfide) groups is 1. The molecule has 1 N–H and O–H groups in total. The molecule has 0 bridgehead atoms. The number of anilines is 1. The topological polar surface area (TPSA) is 69.0 Å². The lowest BCUT2D eigenvalue weighted by Gasteiger charge is -2.12. The summed E-state index contributed by atoms with van der Waals surface area (Å²) < 4.78 is 7.68. The molecule has 6 nitrogen and oxygen atoms in total. The van der Waals surface area contributed by atoms with Crippen molar-refractivity contribution in [3.63, 3.8) is 0 Å². The lowest BCUT2D eigenvalue weighted by atomic mass is 10.1. The maximum Gasteiger partial charge on any atom is 0.234 e. The first-order valence-electron chi connectivity index (χ1n) is 9.79. The van der Waals surface area contributed by atoms with E-state index < -0.39 is 0 Å². The summed E-state index contributed by atoms with van der Waals surface area (Å²) >= 11 is 1.35. The first-order chi connectivity index (χ1) is 14.5. The largest absolute Gasteiger partial charge is 0.493 e. The first-order valence-corrected chi connectivity index (χ1v) is 10.8. The van der Waals surface area contributed by atoms with Crippen molar-refractivity contribution in [3.05, 3.63) is 66.2 Å². The van der Waals surface area contributed by atoms with E-state index in [1.807, 2.05) is 67.8 Å². The van der Waals surface area contributed by atoms with Crippen LogP contribution in [-0.4, -0.2) is 33.0 Å². The second-order valence-electron chi connectivity index (χ2n) is 6.77. The number of nitrogens with zero attached hydrogens (tertiary/aromatic N) is 3. The zero-order valence-corrected chi connectivity index (χ0v) is 18.3. The summed E-state index contributed by atoms with van der Waals surface area (Å²) in [5.74, 6) is 1.58. The Hall–Kier alpha value is -3.06. The van der Waals surface area contributed by atoms with Gasteiger partial charge in [-0.15, -0.1) is 16.8 Å². The van der Waals surface area contributed by atoms with Crippen molar-refractivity contribution >= 4 is 23.4 Å². The minimum absolute atomic E-state index is 0.0901. The number of aryl methyl sites for hydroxylation is 2. The SMILES string of the molecule is C=CCn1c(SCC(=O)Nc2ccc(C)c(C)c2)nnc1-c1ccccc1OCC. The maximum atomic E-state index is 12.4. The third-order valence-electron chi connectivity index (χ3n) is 4.58. The number of aromatic nitrogens is 3. The Morgan fingerprint density at radius 3 is 2.73 bits per heavy atom. The quantitative estimate of drug-likeness (QED) is 0.393. The standard InChI is InChI=1S/C23H26N4O2S/c1-5-13-27-22(19-9-7-8-10-20(19)29-6-2)25-26-23(27)30-15-21(28)24-18-12-11-16(3)17(4)14-18/h5,7-12,14H,1,6,13,15H2,2-4H3,(H,24,28). The molecule has 0 aliphatic heterocycles. The van der Waals surface area contributed by atoms with E-state index in [1.54, 1.807) is 6.08 Å². The zero-order chi connectivity index (χ0) is 21.5. The van der Waals surface area contributed by atoms with Gasteiger partial charge in [0.2, 0.25) is 5.91 Å². The Kier molecular flexibility index (Phi) is 7.30. The fourth-order valence-corrected chi connectivity index (χ4v) is 3.72. The fraction of sp³-hybridized carbons (Fsp3) is 0.261. The molecule has 3 aromatic rings. The van der Waals surface area contributed by atoms with Gasteiger partial charge in [-0.1, -0.05) is 36.0 Å². The van der Waals surface area contributed by atoms with Gasteiger partial charge < -0.3 is 10.1 Å². The highest BCUT2D eigenvalue weighted by Gasteiger charge is 2.18. The summed E-state index contributed by atoms with van der Waals surface area (Å²) in [5.41, 5.74) is 3.99. The number of para-hydroxylation sites is 1. The van der Waals surface area contributed by atoms with Crippen molar-refractivity contribution in [1.82, 2.24) is 14.8 Å². The third-order valence-corrected chi connectivity index (χ3v) is 5.55. The van der Waals surface area contributed by atoms with Crippen molar-refractivity contribution in [2.24, 2.45) is 0 Å². The molecular weight excluding hydrogens is 396 g/mol. The number of amides is 1. The van der Waals surface area contributed by atoms with Gasteiger partial charge in [0.25, 0.3) is 0 Å². The molecule has 0 unspecified atom stereocenters. The molecule has 0 saturated carbocycles.